The Balaban J connectivity index is 1.63. The molecule has 206 valence electrons. The van der Waals surface area contributed by atoms with Crippen LogP contribution in [0.3, 0.4) is 0 Å². The number of rotatable bonds is 10. The van der Waals surface area contributed by atoms with Gasteiger partial charge in [0.25, 0.3) is 5.78 Å². The van der Waals surface area contributed by atoms with E-state index in [0.717, 1.165) is 29.5 Å². The summed E-state index contributed by atoms with van der Waals surface area (Å²) in [5.74, 6) is -0.375. The van der Waals surface area contributed by atoms with E-state index in [0.29, 0.717) is 46.5 Å². The molecule has 1 unspecified atom stereocenters. The molecule has 40 heavy (non-hydrogen) atoms. The van der Waals surface area contributed by atoms with Gasteiger partial charge in [-0.3, -0.25) is 14.5 Å². The first kappa shape index (κ1) is 27.4. The molecule has 0 bridgehead atoms. The van der Waals surface area contributed by atoms with Gasteiger partial charge in [0.2, 0.25) is 0 Å². The monoisotopic (exact) mass is 556 g/mol. The number of hydrogen-bond donors (Lipinski definition) is 1. The Morgan fingerprint density at radius 1 is 0.975 bits per heavy atom. The average Bonchev–Trinajstić information content (AvgIpc) is 3.49. The smallest absolute Gasteiger partial charge is 0.301 e. The predicted molar refractivity (Wildman–Crippen MR) is 158 cm³/mol. The minimum absolute atomic E-state index is 0.0197. The Hall–Kier alpha value is -4.17. The van der Waals surface area contributed by atoms with Gasteiger partial charge in [-0.05, 0) is 56.2 Å². The van der Waals surface area contributed by atoms with E-state index < -0.39 is 17.7 Å². The molecule has 0 radical (unpaired) electrons. The number of ketones is 1. The van der Waals surface area contributed by atoms with Crippen molar-refractivity contribution >= 4 is 44.1 Å². The molecule has 4 aromatic rings. The van der Waals surface area contributed by atoms with Crippen molar-refractivity contribution in [2.24, 2.45) is 0 Å². The zero-order valence-electron chi connectivity index (χ0n) is 22.8. The first-order valence-electron chi connectivity index (χ1n) is 13.6. The largest absolute Gasteiger partial charge is 0.507 e. The Morgan fingerprint density at radius 2 is 1.75 bits per heavy atom. The zero-order chi connectivity index (χ0) is 28.2. The lowest BCUT2D eigenvalue weighted by Crippen LogP contribution is -2.29. The fourth-order valence-electron chi connectivity index (χ4n) is 4.78. The van der Waals surface area contributed by atoms with E-state index in [9.17, 15) is 14.7 Å². The van der Waals surface area contributed by atoms with Crippen LogP contribution in [0.15, 0.2) is 72.3 Å². The van der Waals surface area contributed by atoms with Crippen molar-refractivity contribution in [3.05, 3.63) is 89.0 Å². The molecule has 1 atom stereocenters. The molecule has 1 aliphatic rings. The van der Waals surface area contributed by atoms with Crippen LogP contribution in [-0.2, 0) is 9.59 Å². The van der Waals surface area contributed by atoms with Crippen molar-refractivity contribution in [2.75, 3.05) is 18.1 Å². The Labute approximate surface area is 237 Å². The van der Waals surface area contributed by atoms with E-state index in [1.54, 1.807) is 12.1 Å². The Bertz CT molecular complexity index is 1570. The molecule has 5 rings (SSSR count). The number of amides is 1. The van der Waals surface area contributed by atoms with E-state index in [2.05, 4.69) is 6.92 Å². The summed E-state index contributed by atoms with van der Waals surface area (Å²) in [4.78, 5) is 33.3. The highest BCUT2D eigenvalue weighted by atomic mass is 32.1. The van der Waals surface area contributed by atoms with Crippen molar-refractivity contribution in [2.45, 2.75) is 46.1 Å². The standard InChI is InChI=1S/C32H32N2O5S/c1-4-6-7-17-39-23-10-8-9-22(18-23)28-27(29(35)21-13-11-20(3)12-14-21)30(36)31(37)34(28)32-33-25-16-15-24(38-5-2)19-26(25)40-32/h8-16,18-19,28,35H,4-7,17H2,1-3H3. The van der Waals surface area contributed by atoms with E-state index in [1.165, 1.54) is 16.2 Å². The summed E-state index contributed by atoms with van der Waals surface area (Å²) in [7, 11) is 0. The third-order valence-electron chi connectivity index (χ3n) is 6.83. The second-order valence-electron chi connectivity index (χ2n) is 9.72. The van der Waals surface area contributed by atoms with E-state index in [-0.39, 0.29) is 11.3 Å². The fourth-order valence-corrected chi connectivity index (χ4v) is 5.80. The summed E-state index contributed by atoms with van der Waals surface area (Å²) in [6.45, 7) is 7.09. The fraction of sp³-hybridized carbons (Fsp3) is 0.281. The number of fused-ring (bicyclic) bond motifs is 1. The van der Waals surface area contributed by atoms with Crippen LogP contribution >= 0.6 is 11.3 Å². The molecule has 3 aromatic carbocycles. The third kappa shape index (κ3) is 5.45. The first-order valence-corrected chi connectivity index (χ1v) is 14.4. The summed E-state index contributed by atoms with van der Waals surface area (Å²) < 4.78 is 12.4. The molecule has 1 aliphatic heterocycles. The number of aliphatic hydroxyl groups is 1. The zero-order valence-corrected chi connectivity index (χ0v) is 23.7. The number of benzene rings is 3. The van der Waals surface area contributed by atoms with Crippen LogP contribution in [0.1, 0.15) is 55.8 Å². The van der Waals surface area contributed by atoms with Gasteiger partial charge in [-0.15, -0.1) is 0 Å². The summed E-state index contributed by atoms with van der Waals surface area (Å²) in [5, 5.41) is 11.8. The molecule has 2 heterocycles. The second kappa shape index (κ2) is 11.9. The van der Waals surface area contributed by atoms with E-state index >= 15 is 0 Å². The lowest BCUT2D eigenvalue weighted by molar-refractivity contribution is -0.132. The van der Waals surface area contributed by atoms with E-state index in [4.69, 9.17) is 14.5 Å². The highest BCUT2D eigenvalue weighted by Gasteiger charge is 2.48. The lowest BCUT2D eigenvalue weighted by Gasteiger charge is -2.23. The molecule has 1 fully saturated rings. The van der Waals surface area contributed by atoms with Crippen LogP contribution < -0.4 is 14.4 Å². The van der Waals surface area contributed by atoms with Gasteiger partial charge in [-0.25, -0.2) is 4.98 Å². The molecule has 7 nitrogen and oxygen atoms in total. The SMILES string of the molecule is CCCCCOc1cccc(C2C(=C(O)c3ccc(C)cc3)C(=O)C(=O)N2c2nc3ccc(OCC)cc3s2)c1. The molecule has 1 amide bonds. The number of ether oxygens (including phenoxy) is 2. The molecule has 0 aliphatic carbocycles. The topological polar surface area (TPSA) is 89.0 Å². The number of carbonyl (C=O) groups is 2. The van der Waals surface area contributed by atoms with Crippen molar-refractivity contribution in [1.82, 2.24) is 4.98 Å². The third-order valence-corrected chi connectivity index (χ3v) is 7.84. The number of unbranched alkanes of at least 4 members (excludes halogenated alkanes) is 2. The van der Waals surface area contributed by atoms with Crippen molar-refractivity contribution in [1.29, 1.82) is 0 Å². The van der Waals surface area contributed by atoms with E-state index in [1.807, 2.05) is 68.4 Å². The van der Waals surface area contributed by atoms with Crippen LogP contribution in [0.25, 0.3) is 16.0 Å². The average molecular weight is 557 g/mol. The summed E-state index contributed by atoms with van der Waals surface area (Å²) >= 11 is 1.30. The highest BCUT2D eigenvalue weighted by molar-refractivity contribution is 7.22. The number of carbonyl (C=O) groups excluding carboxylic acids is 2. The van der Waals surface area contributed by atoms with Crippen molar-refractivity contribution in [3.8, 4) is 11.5 Å². The number of nitrogens with zero attached hydrogens (tertiary/aromatic N) is 2. The minimum Gasteiger partial charge on any atom is -0.507 e. The van der Waals surface area contributed by atoms with Crippen molar-refractivity contribution < 1.29 is 24.2 Å². The molecule has 0 spiro atoms. The molecule has 0 saturated carbocycles. The second-order valence-corrected chi connectivity index (χ2v) is 10.7. The maximum atomic E-state index is 13.6. The van der Waals surface area contributed by atoms with Crippen LogP contribution in [-0.4, -0.2) is 35.0 Å². The van der Waals surface area contributed by atoms with Crippen LogP contribution in [0.5, 0.6) is 11.5 Å². The maximum absolute atomic E-state index is 13.6. The highest BCUT2D eigenvalue weighted by Crippen LogP contribution is 2.45. The van der Waals surface area contributed by atoms with Crippen LogP contribution in [0, 0.1) is 6.92 Å². The molecule has 8 heteroatoms. The number of aryl methyl sites for hydroxylation is 1. The summed E-state index contributed by atoms with van der Waals surface area (Å²) in [6.07, 6.45) is 3.09. The molecular formula is C32H32N2O5S. The summed E-state index contributed by atoms with van der Waals surface area (Å²) in [5.41, 5.74) is 2.84. The maximum Gasteiger partial charge on any atom is 0.301 e. The summed E-state index contributed by atoms with van der Waals surface area (Å²) in [6, 6.07) is 19.2. The van der Waals surface area contributed by atoms with Gasteiger partial charge in [0.05, 0.1) is 35.0 Å². The number of aromatic nitrogens is 1. The lowest BCUT2D eigenvalue weighted by atomic mass is 9.95. The molecule has 1 aromatic heterocycles. The number of hydrogen-bond acceptors (Lipinski definition) is 7. The number of thiazole rings is 1. The van der Waals surface area contributed by atoms with Gasteiger partial charge in [-0.1, -0.05) is 73.1 Å². The van der Waals surface area contributed by atoms with Gasteiger partial charge in [-0.2, -0.15) is 0 Å². The van der Waals surface area contributed by atoms with Crippen LogP contribution in [0.4, 0.5) is 5.13 Å². The Kier molecular flexibility index (Phi) is 8.16. The van der Waals surface area contributed by atoms with Crippen LogP contribution in [0.2, 0.25) is 0 Å². The number of aliphatic hydroxyl groups excluding tert-OH is 1. The van der Waals surface area contributed by atoms with Gasteiger partial charge < -0.3 is 14.6 Å². The van der Waals surface area contributed by atoms with Gasteiger partial charge in [0, 0.05) is 5.56 Å². The quantitative estimate of drug-likeness (QED) is 0.0962. The minimum atomic E-state index is -0.882. The number of Topliss-reactive ketones (excluding diaryl/α,β-unsaturated/α-hetero) is 1. The predicted octanol–water partition coefficient (Wildman–Crippen LogP) is 7.20. The van der Waals surface area contributed by atoms with Gasteiger partial charge >= 0.3 is 5.91 Å². The normalized spacial score (nSPS) is 16.6. The van der Waals surface area contributed by atoms with Gasteiger partial charge in [0.1, 0.15) is 17.3 Å². The number of anilines is 1. The molecule has 1 saturated heterocycles. The van der Waals surface area contributed by atoms with Crippen molar-refractivity contribution in [3.63, 3.8) is 0 Å². The van der Waals surface area contributed by atoms with Gasteiger partial charge in [0.15, 0.2) is 5.13 Å². The first-order chi connectivity index (χ1) is 19.4. The Morgan fingerprint density at radius 3 is 2.50 bits per heavy atom. The molecule has 1 N–H and O–H groups in total. The molecular weight excluding hydrogens is 524 g/mol.